The highest BCUT2D eigenvalue weighted by molar-refractivity contribution is 6.31. The molecule has 4 rings (SSSR count). The minimum absolute atomic E-state index is 0.0122. The van der Waals surface area contributed by atoms with Gasteiger partial charge in [-0.15, -0.1) is 0 Å². The molecule has 1 amide bonds. The summed E-state index contributed by atoms with van der Waals surface area (Å²) in [6, 6.07) is 11.6. The Morgan fingerprint density at radius 2 is 1.63 bits per heavy atom. The largest absolute Gasteiger partial charge is 0.417 e. The summed E-state index contributed by atoms with van der Waals surface area (Å²) in [5.41, 5.74) is 0.657. The summed E-state index contributed by atoms with van der Waals surface area (Å²) in [7, 11) is 0. The molecule has 0 unspecified atom stereocenters. The SMILES string of the molecule is O=C(COC1CCC(Nc2ccc(Cl)c(C(F)(F)F)c2)CC1)N1CCN(c2ccc(Cl)cc2)CC1. The molecule has 1 aliphatic heterocycles. The van der Waals surface area contributed by atoms with E-state index in [-0.39, 0.29) is 29.7 Å². The zero-order chi connectivity index (χ0) is 25.0. The van der Waals surface area contributed by atoms with E-state index in [9.17, 15) is 18.0 Å². The maximum absolute atomic E-state index is 13.1. The van der Waals surface area contributed by atoms with Crippen molar-refractivity contribution in [2.75, 3.05) is 43.0 Å². The minimum Gasteiger partial charge on any atom is -0.382 e. The van der Waals surface area contributed by atoms with Crippen molar-refractivity contribution in [1.29, 1.82) is 0 Å². The lowest BCUT2D eigenvalue weighted by molar-refractivity contribution is -0.139. The lowest BCUT2D eigenvalue weighted by atomic mass is 9.92. The number of piperazine rings is 1. The number of hydrogen-bond acceptors (Lipinski definition) is 4. The van der Waals surface area contributed by atoms with Gasteiger partial charge in [0.1, 0.15) is 6.61 Å². The number of rotatable bonds is 6. The van der Waals surface area contributed by atoms with Crippen LogP contribution >= 0.6 is 23.2 Å². The molecule has 0 spiro atoms. The minimum atomic E-state index is -4.49. The summed E-state index contributed by atoms with van der Waals surface area (Å²) in [5.74, 6) is -0.0122. The predicted octanol–water partition coefficient (Wildman–Crippen LogP) is 6.10. The van der Waals surface area contributed by atoms with E-state index in [1.807, 2.05) is 29.2 Å². The molecule has 1 N–H and O–H groups in total. The van der Waals surface area contributed by atoms with E-state index in [1.165, 1.54) is 6.07 Å². The average Bonchev–Trinajstić information content (AvgIpc) is 2.84. The Hall–Kier alpha value is -2.16. The Bertz CT molecular complexity index is 1000. The fourth-order valence-electron chi connectivity index (χ4n) is 4.59. The van der Waals surface area contributed by atoms with Crippen LogP contribution in [0.15, 0.2) is 42.5 Å². The van der Waals surface area contributed by atoms with Gasteiger partial charge in [0.2, 0.25) is 5.91 Å². The number of ether oxygens (including phenoxy) is 1. The molecule has 1 saturated heterocycles. The summed E-state index contributed by atoms with van der Waals surface area (Å²) < 4.78 is 45.1. The summed E-state index contributed by atoms with van der Waals surface area (Å²) in [4.78, 5) is 16.7. The first-order valence-electron chi connectivity index (χ1n) is 11.7. The second-order valence-corrected chi connectivity index (χ2v) is 9.81. The Balaban J connectivity index is 1.17. The van der Waals surface area contributed by atoms with Crippen molar-refractivity contribution in [2.45, 2.75) is 44.0 Å². The van der Waals surface area contributed by atoms with Gasteiger partial charge in [0, 0.05) is 48.6 Å². The van der Waals surface area contributed by atoms with Crippen molar-refractivity contribution in [3.63, 3.8) is 0 Å². The lowest BCUT2D eigenvalue weighted by Crippen LogP contribution is -2.50. The molecule has 10 heteroatoms. The van der Waals surface area contributed by atoms with Crippen molar-refractivity contribution in [3.8, 4) is 0 Å². The zero-order valence-corrected chi connectivity index (χ0v) is 20.7. The number of nitrogens with zero attached hydrogens (tertiary/aromatic N) is 2. The van der Waals surface area contributed by atoms with Crippen molar-refractivity contribution in [2.24, 2.45) is 0 Å². The maximum Gasteiger partial charge on any atom is 0.417 e. The summed E-state index contributed by atoms with van der Waals surface area (Å²) in [6.07, 6.45) is -1.52. The van der Waals surface area contributed by atoms with Gasteiger partial charge in [0.25, 0.3) is 0 Å². The van der Waals surface area contributed by atoms with Crippen LogP contribution in [0.5, 0.6) is 0 Å². The Kier molecular flexibility index (Phi) is 8.34. The van der Waals surface area contributed by atoms with Gasteiger partial charge in [-0.25, -0.2) is 0 Å². The number of carbonyl (C=O) groups is 1. The fourth-order valence-corrected chi connectivity index (χ4v) is 4.94. The van der Waals surface area contributed by atoms with Gasteiger partial charge in [0.05, 0.1) is 16.7 Å². The highest BCUT2D eigenvalue weighted by atomic mass is 35.5. The molecule has 2 aliphatic rings. The first kappa shape index (κ1) is 25.9. The van der Waals surface area contributed by atoms with Crippen LogP contribution in [0, 0.1) is 0 Å². The number of amides is 1. The third-order valence-corrected chi connectivity index (χ3v) is 7.16. The summed E-state index contributed by atoms with van der Waals surface area (Å²) in [5, 5.41) is 3.57. The summed E-state index contributed by atoms with van der Waals surface area (Å²) in [6.45, 7) is 2.84. The van der Waals surface area contributed by atoms with E-state index in [2.05, 4.69) is 10.2 Å². The smallest absolute Gasteiger partial charge is 0.382 e. The molecule has 2 aromatic carbocycles. The molecule has 0 bridgehead atoms. The van der Waals surface area contributed by atoms with Gasteiger partial charge in [-0.3, -0.25) is 4.79 Å². The molecule has 35 heavy (non-hydrogen) atoms. The fraction of sp³-hybridized carbons (Fsp3) is 0.480. The third kappa shape index (κ3) is 6.96. The van der Waals surface area contributed by atoms with Crippen LogP contribution in [0.2, 0.25) is 10.0 Å². The monoisotopic (exact) mass is 529 g/mol. The van der Waals surface area contributed by atoms with E-state index in [1.54, 1.807) is 6.07 Å². The van der Waals surface area contributed by atoms with Crippen LogP contribution in [0.3, 0.4) is 0 Å². The molecular weight excluding hydrogens is 502 g/mol. The number of anilines is 2. The Morgan fingerprint density at radius 3 is 2.26 bits per heavy atom. The number of hydrogen-bond donors (Lipinski definition) is 1. The van der Waals surface area contributed by atoms with E-state index in [0.717, 1.165) is 50.5 Å². The van der Waals surface area contributed by atoms with Crippen LogP contribution < -0.4 is 10.2 Å². The van der Waals surface area contributed by atoms with Crippen molar-refractivity contribution < 1.29 is 22.7 Å². The molecule has 0 aromatic heterocycles. The summed E-state index contributed by atoms with van der Waals surface area (Å²) >= 11 is 11.7. The Labute approximate surface area is 213 Å². The molecule has 1 aliphatic carbocycles. The maximum atomic E-state index is 13.1. The number of alkyl halides is 3. The second kappa shape index (κ2) is 11.3. The molecule has 2 aromatic rings. The van der Waals surface area contributed by atoms with Gasteiger partial charge in [0.15, 0.2) is 0 Å². The van der Waals surface area contributed by atoms with Gasteiger partial charge in [-0.2, -0.15) is 13.2 Å². The first-order chi connectivity index (χ1) is 16.7. The quantitative estimate of drug-likeness (QED) is 0.491. The zero-order valence-electron chi connectivity index (χ0n) is 19.2. The second-order valence-electron chi connectivity index (χ2n) is 8.97. The standard InChI is InChI=1S/C25H28Cl2F3N3O2/c26-17-1-6-20(7-2-17)32-11-13-33(14-12-32)24(34)16-35-21-8-3-18(4-9-21)31-19-5-10-23(27)22(15-19)25(28,29)30/h1-2,5-7,10,15,18,21,31H,3-4,8-9,11-14,16H2. The molecule has 0 radical (unpaired) electrons. The van der Waals surface area contributed by atoms with Crippen molar-refractivity contribution in [1.82, 2.24) is 4.90 Å². The Morgan fingerprint density at radius 1 is 0.971 bits per heavy atom. The van der Waals surface area contributed by atoms with Gasteiger partial charge < -0.3 is 19.9 Å². The lowest BCUT2D eigenvalue weighted by Gasteiger charge is -2.36. The van der Waals surface area contributed by atoms with Crippen LogP contribution in [0.25, 0.3) is 0 Å². The third-order valence-electron chi connectivity index (χ3n) is 6.58. The molecular formula is C25H28Cl2F3N3O2. The van der Waals surface area contributed by atoms with E-state index >= 15 is 0 Å². The van der Waals surface area contributed by atoms with Gasteiger partial charge in [-0.05, 0) is 68.1 Å². The van der Waals surface area contributed by atoms with E-state index in [0.29, 0.717) is 23.8 Å². The topological polar surface area (TPSA) is 44.8 Å². The van der Waals surface area contributed by atoms with Crippen molar-refractivity contribution in [3.05, 3.63) is 58.1 Å². The number of benzene rings is 2. The van der Waals surface area contributed by atoms with Crippen LogP contribution in [0.1, 0.15) is 31.2 Å². The average molecular weight is 530 g/mol. The molecule has 5 nitrogen and oxygen atoms in total. The van der Waals surface area contributed by atoms with E-state index < -0.39 is 11.7 Å². The van der Waals surface area contributed by atoms with Crippen LogP contribution in [-0.2, 0) is 15.7 Å². The highest BCUT2D eigenvalue weighted by Crippen LogP contribution is 2.36. The molecule has 1 heterocycles. The predicted molar refractivity (Wildman–Crippen MR) is 132 cm³/mol. The number of halogens is 5. The van der Waals surface area contributed by atoms with Crippen LogP contribution in [0.4, 0.5) is 24.5 Å². The number of nitrogens with one attached hydrogen (secondary N) is 1. The highest BCUT2D eigenvalue weighted by Gasteiger charge is 2.33. The molecule has 190 valence electrons. The van der Waals surface area contributed by atoms with Crippen LogP contribution in [-0.4, -0.2) is 55.7 Å². The van der Waals surface area contributed by atoms with E-state index in [4.69, 9.17) is 27.9 Å². The van der Waals surface area contributed by atoms with Gasteiger partial charge in [-0.1, -0.05) is 23.2 Å². The van der Waals surface area contributed by atoms with Crippen molar-refractivity contribution >= 4 is 40.5 Å². The molecule has 1 saturated carbocycles. The normalized spacial score (nSPS) is 21.2. The molecule has 2 fully saturated rings. The molecule has 0 atom stereocenters. The number of carbonyl (C=O) groups excluding carboxylic acids is 1. The van der Waals surface area contributed by atoms with Gasteiger partial charge >= 0.3 is 6.18 Å². The first-order valence-corrected chi connectivity index (χ1v) is 12.5.